The molecule has 576 valence electrons. The Balaban J connectivity index is 5.21. The van der Waals surface area contributed by atoms with Crippen LogP contribution in [0.25, 0.3) is 0 Å². The van der Waals surface area contributed by atoms with E-state index in [1.54, 1.807) is 0 Å². The molecule has 0 aromatic carbocycles. The van der Waals surface area contributed by atoms with Crippen molar-refractivity contribution in [3.05, 3.63) is 0 Å². The van der Waals surface area contributed by atoms with Crippen molar-refractivity contribution < 1.29 is 80.2 Å². The van der Waals surface area contributed by atoms with Crippen molar-refractivity contribution in [2.45, 2.75) is 414 Å². The first-order valence-corrected chi connectivity index (χ1v) is 43.3. The molecule has 7 atom stereocenters. The van der Waals surface area contributed by atoms with E-state index in [9.17, 15) is 43.2 Å². The first-order chi connectivity index (χ1) is 46.7. The van der Waals surface area contributed by atoms with E-state index < -0.39 is 97.5 Å². The summed E-state index contributed by atoms with van der Waals surface area (Å²) in [4.78, 5) is 72.8. The number of carbonyl (C=O) groups is 4. The highest BCUT2D eigenvalue weighted by Gasteiger charge is 2.30. The van der Waals surface area contributed by atoms with E-state index in [1.807, 2.05) is 0 Å². The first-order valence-electron chi connectivity index (χ1n) is 40.3. The van der Waals surface area contributed by atoms with Gasteiger partial charge in [0.25, 0.3) is 0 Å². The standard InChI is InChI=1S/C78H152O17P2/c1-9-70(7)56-48-40-34-36-43-51-59-76(81)89-65-74(95-78(83)61-53-45-37-35-41-49-57-71(8)10-2)67-93-97(86,87)91-63-72(79)62-90-96(84,85)92-66-73(64-88-75(80)58-50-42-32-28-24-21-17-19-23-27-31-39-47-55-69(5)6)94-77(82)60-52-44-33-29-25-20-16-14-12-11-13-15-18-22-26-30-38-46-54-68(3)4/h68-74,79H,9-67H2,1-8H3,(H,84,85)(H,86,87)/t70?,71?,72-,73-,74-/m1/s1. The molecule has 3 N–H and O–H groups in total. The number of aliphatic hydroxyl groups excluding tert-OH is 1. The average molecular weight is 1420 g/mol. The van der Waals surface area contributed by atoms with Crippen LogP contribution in [-0.2, 0) is 65.4 Å². The van der Waals surface area contributed by atoms with Gasteiger partial charge in [-0.1, -0.05) is 344 Å². The molecule has 0 fully saturated rings. The number of phosphoric ester groups is 2. The van der Waals surface area contributed by atoms with Gasteiger partial charge in [-0.15, -0.1) is 0 Å². The maximum absolute atomic E-state index is 13.1. The number of ether oxygens (including phenoxy) is 4. The highest BCUT2D eigenvalue weighted by Crippen LogP contribution is 2.45. The Kier molecular flexibility index (Phi) is 65.9. The van der Waals surface area contributed by atoms with E-state index in [4.69, 9.17) is 37.0 Å². The molecule has 17 nitrogen and oxygen atoms in total. The number of hydrogen-bond acceptors (Lipinski definition) is 15. The predicted octanol–water partition coefficient (Wildman–Crippen LogP) is 22.8. The molecule has 0 aromatic rings. The van der Waals surface area contributed by atoms with Crippen molar-refractivity contribution in [2.75, 3.05) is 39.6 Å². The molecular weight excluding hydrogens is 1270 g/mol. The van der Waals surface area contributed by atoms with Gasteiger partial charge in [0.15, 0.2) is 12.2 Å². The van der Waals surface area contributed by atoms with Crippen LogP contribution in [0.15, 0.2) is 0 Å². The Labute approximate surface area is 594 Å². The number of hydrogen-bond donors (Lipinski definition) is 3. The van der Waals surface area contributed by atoms with E-state index in [2.05, 4.69) is 55.4 Å². The van der Waals surface area contributed by atoms with Crippen LogP contribution in [-0.4, -0.2) is 96.7 Å². The fourth-order valence-electron chi connectivity index (χ4n) is 11.8. The third kappa shape index (κ3) is 69.5. The Bertz CT molecular complexity index is 1910. The van der Waals surface area contributed by atoms with Gasteiger partial charge in [0.2, 0.25) is 0 Å². The lowest BCUT2D eigenvalue weighted by Gasteiger charge is -2.21. The van der Waals surface area contributed by atoms with Gasteiger partial charge in [-0.25, -0.2) is 9.13 Å². The second kappa shape index (κ2) is 67.2. The summed E-state index contributed by atoms with van der Waals surface area (Å²) in [5.74, 6) is 0.940. The zero-order valence-corrected chi connectivity index (χ0v) is 65.5. The minimum absolute atomic E-state index is 0.102. The SMILES string of the molecule is CCC(C)CCCCCCCCC(=O)OC[C@H](COP(=O)(O)OC[C@H](O)COP(=O)(O)OC[C@@H](COC(=O)CCCCCCCCCCCCCCCC(C)C)OC(=O)CCCCCCCCCCCCCCCCCCCCC(C)C)OC(=O)CCCCCCCCC(C)CC. The van der Waals surface area contributed by atoms with Gasteiger partial charge >= 0.3 is 39.5 Å². The molecule has 0 saturated heterocycles. The molecule has 0 aromatic heterocycles. The second-order valence-electron chi connectivity index (χ2n) is 29.5. The predicted molar refractivity (Wildman–Crippen MR) is 395 cm³/mol. The van der Waals surface area contributed by atoms with Crippen LogP contribution in [0, 0.1) is 23.7 Å². The summed E-state index contributed by atoms with van der Waals surface area (Å²) < 4.78 is 68.5. The molecule has 0 rings (SSSR count). The maximum atomic E-state index is 13.1. The molecule has 0 aliphatic heterocycles. The lowest BCUT2D eigenvalue weighted by atomic mass is 10.00. The molecular formula is C78H152O17P2. The topological polar surface area (TPSA) is 237 Å². The molecule has 19 heteroatoms. The van der Waals surface area contributed by atoms with Gasteiger partial charge in [0.1, 0.15) is 19.3 Å². The Morgan fingerprint density at radius 3 is 0.732 bits per heavy atom. The van der Waals surface area contributed by atoms with Crippen molar-refractivity contribution in [3.8, 4) is 0 Å². The molecule has 0 radical (unpaired) electrons. The van der Waals surface area contributed by atoms with Gasteiger partial charge in [-0.05, 0) is 49.4 Å². The first kappa shape index (κ1) is 95.1. The Hall–Kier alpha value is -1.94. The second-order valence-corrected chi connectivity index (χ2v) is 32.4. The lowest BCUT2D eigenvalue weighted by molar-refractivity contribution is -0.161. The third-order valence-electron chi connectivity index (χ3n) is 18.8. The van der Waals surface area contributed by atoms with Crippen molar-refractivity contribution in [1.29, 1.82) is 0 Å². The number of phosphoric acid groups is 2. The van der Waals surface area contributed by atoms with Crippen molar-refractivity contribution >= 4 is 39.5 Å². The molecule has 0 heterocycles. The van der Waals surface area contributed by atoms with Crippen LogP contribution in [0.1, 0.15) is 396 Å². The number of unbranched alkanes of at least 4 members (excludes halogenated alkanes) is 39. The maximum Gasteiger partial charge on any atom is 0.472 e. The molecule has 0 amide bonds. The lowest BCUT2D eigenvalue weighted by Crippen LogP contribution is -2.30. The van der Waals surface area contributed by atoms with Crippen LogP contribution >= 0.6 is 15.6 Å². The highest BCUT2D eigenvalue weighted by molar-refractivity contribution is 7.47. The fourth-order valence-corrected chi connectivity index (χ4v) is 13.4. The number of rotatable bonds is 75. The zero-order chi connectivity index (χ0) is 71.7. The zero-order valence-electron chi connectivity index (χ0n) is 63.7. The van der Waals surface area contributed by atoms with E-state index in [-0.39, 0.29) is 25.7 Å². The van der Waals surface area contributed by atoms with Crippen LogP contribution in [0.2, 0.25) is 0 Å². The number of carbonyl (C=O) groups excluding carboxylic acids is 4. The summed E-state index contributed by atoms with van der Waals surface area (Å²) in [5.41, 5.74) is 0. The van der Waals surface area contributed by atoms with Gasteiger partial charge in [0.05, 0.1) is 26.4 Å². The normalized spacial score (nSPS) is 14.6. The monoisotopic (exact) mass is 1420 g/mol. The largest absolute Gasteiger partial charge is 0.472 e. The molecule has 0 spiro atoms. The minimum atomic E-state index is -4.96. The van der Waals surface area contributed by atoms with Gasteiger partial charge < -0.3 is 33.8 Å². The minimum Gasteiger partial charge on any atom is -0.462 e. The average Bonchev–Trinajstić information content (AvgIpc) is 1.79. The Morgan fingerprint density at radius 1 is 0.289 bits per heavy atom. The summed E-state index contributed by atoms with van der Waals surface area (Å²) in [6.45, 7) is 14.2. The Morgan fingerprint density at radius 2 is 0.495 bits per heavy atom. The van der Waals surface area contributed by atoms with Crippen molar-refractivity contribution in [2.24, 2.45) is 23.7 Å². The quantitative estimate of drug-likeness (QED) is 0.0222. The van der Waals surface area contributed by atoms with Gasteiger partial charge in [0, 0.05) is 25.7 Å². The molecule has 0 saturated carbocycles. The molecule has 4 unspecified atom stereocenters. The smallest absolute Gasteiger partial charge is 0.462 e. The van der Waals surface area contributed by atoms with Crippen LogP contribution in [0.4, 0.5) is 0 Å². The fraction of sp³-hybridized carbons (Fsp3) is 0.949. The summed E-state index contributed by atoms with van der Waals surface area (Å²) in [5, 5.41) is 10.6. The van der Waals surface area contributed by atoms with Crippen molar-refractivity contribution in [1.82, 2.24) is 0 Å². The molecule has 0 bridgehead atoms. The van der Waals surface area contributed by atoms with E-state index >= 15 is 0 Å². The summed E-state index contributed by atoms with van der Waals surface area (Å²) in [6.07, 6.45) is 52.9. The van der Waals surface area contributed by atoms with Crippen LogP contribution in [0.3, 0.4) is 0 Å². The van der Waals surface area contributed by atoms with Crippen LogP contribution < -0.4 is 0 Å². The third-order valence-corrected chi connectivity index (χ3v) is 20.7. The van der Waals surface area contributed by atoms with E-state index in [1.165, 1.54) is 193 Å². The van der Waals surface area contributed by atoms with Gasteiger partial charge in [-0.2, -0.15) is 0 Å². The number of esters is 4. The summed E-state index contributed by atoms with van der Waals surface area (Å²) in [6, 6.07) is 0. The van der Waals surface area contributed by atoms with Gasteiger partial charge in [-0.3, -0.25) is 37.3 Å². The van der Waals surface area contributed by atoms with Crippen LogP contribution in [0.5, 0.6) is 0 Å². The molecule has 97 heavy (non-hydrogen) atoms. The van der Waals surface area contributed by atoms with E-state index in [0.29, 0.717) is 25.7 Å². The van der Waals surface area contributed by atoms with Crippen molar-refractivity contribution in [3.63, 3.8) is 0 Å². The number of aliphatic hydroxyl groups is 1. The van der Waals surface area contributed by atoms with E-state index in [0.717, 1.165) is 120 Å². The highest BCUT2D eigenvalue weighted by atomic mass is 31.2. The summed E-state index contributed by atoms with van der Waals surface area (Å²) in [7, 11) is -9.91. The molecule has 0 aliphatic carbocycles. The molecule has 0 aliphatic rings. The summed E-state index contributed by atoms with van der Waals surface area (Å²) >= 11 is 0.